The molecule has 1 saturated heterocycles. The molecule has 0 aliphatic carbocycles. The zero-order chi connectivity index (χ0) is 18.7. The molecule has 0 bridgehead atoms. The molecular formula is C18H18ClF3N2O2. The van der Waals surface area contributed by atoms with Crippen molar-refractivity contribution in [1.82, 2.24) is 4.98 Å². The number of aromatic nitrogens is 1. The minimum atomic E-state index is -4.72. The zero-order valence-corrected chi connectivity index (χ0v) is 14.8. The van der Waals surface area contributed by atoms with Crippen molar-refractivity contribution in [2.45, 2.75) is 26.1 Å². The van der Waals surface area contributed by atoms with Crippen LogP contribution in [0.2, 0.25) is 5.02 Å². The quantitative estimate of drug-likeness (QED) is 0.678. The number of pyridine rings is 1. The third-order valence-corrected chi connectivity index (χ3v) is 4.56. The first kappa shape index (κ1) is 18.6. The summed E-state index contributed by atoms with van der Waals surface area (Å²) in [5.41, 5.74) is 0. The van der Waals surface area contributed by atoms with Crippen LogP contribution in [-0.4, -0.2) is 24.4 Å². The Morgan fingerprint density at radius 1 is 1.08 bits per heavy atom. The van der Waals surface area contributed by atoms with Crippen molar-refractivity contribution < 1.29 is 22.6 Å². The van der Waals surface area contributed by atoms with Crippen molar-refractivity contribution in [1.29, 1.82) is 0 Å². The van der Waals surface area contributed by atoms with Crippen molar-refractivity contribution >= 4 is 17.4 Å². The molecule has 4 nitrogen and oxygen atoms in total. The number of hydrogen-bond acceptors (Lipinski definition) is 4. The second-order valence-electron chi connectivity index (χ2n) is 6.24. The maximum Gasteiger partial charge on any atom is 0.573 e. The second-order valence-corrected chi connectivity index (χ2v) is 6.62. The van der Waals surface area contributed by atoms with E-state index in [0.29, 0.717) is 28.3 Å². The number of ether oxygens (including phenoxy) is 2. The summed E-state index contributed by atoms with van der Waals surface area (Å²) in [6.45, 7) is 3.97. The molecule has 0 atom stereocenters. The van der Waals surface area contributed by atoms with E-state index in [1.807, 2.05) is 0 Å². The lowest BCUT2D eigenvalue weighted by Crippen LogP contribution is -2.33. The van der Waals surface area contributed by atoms with Crippen LogP contribution in [-0.2, 0) is 0 Å². The largest absolute Gasteiger partial charge is 0.573 e. The molecular weight excluding hydrogens is 369 g/mol. The molecule has 1 aromatic heterocycles. The van der Waals surface area contributed by atoms with Crippen LogP contribution in [0, 0.1) is 5.92 Å². The van der Waals surface area contributed by atoms with Gasteiger partial charge in [0, 0.05) is 25.4 Å². The maximum absolute atomic E-state index is 12.2. The highest BCUT2D eigenvalue weighted by molar-refractivity contribution is 6.34. The minimum Gasteiger partial charge on any atom is -0.456 e. The fraction of sp³-hybridized carbons (Fsp3) is 0.389. The molecule has 0 N–H and O–H groups in total. The van der Waals surface area contributed by atoms with Crippen molar-refractivity contribution in [3.8, 4) is 17.2 Å². The Bertz CT molecular complexity index is 745. The van der Waals surface area contributed by atoms with Crippen molar-refractivity contribution in [2.24, 2.45) is 5.92 Å². The third kappa shape index (κ3) is 4.72. The number of rotatable bonds is 4. The molecule has 1 aromatic carbocycles. The van der Waals surface area contributed by atoms with Crippen molar-refractivity contribution in [2.75, 3.05) is 18.0 Å². The molecule has 2 aromatic rings. The number of anilines is 1. The first-order valence-electron chi connectivity index (χ1n) is 8.25. The van der Waals surface area contributed by atoms with Crippen LogP contribution < -0.4 is 14.4 Å². The summed E-state index contributed by atoms with van der Waals surface area (Å²) in [4.78, 5) is 6.47. The molecule has 140 valence electrons. The minimum absolute atomic E-state index is 0.311. The Kier molecular flexibility index (Phi) is 5.46. The van der Waals surface area contributed by atoms with Crippen LogP contribution in [0.15, 0.2) is 36.5 Å². The van der Waals surface area contributed by atoms with Gasteiger partial charge in [0.15, 0.2) is 11.6 Å². The summed E-state index contributed by atoms with van der Waals surface area (Å²) in [5, 5.41) is 0.387. The van der Waals surface area contributed by atoms with Gasteiger partial charge in [0.2, 0.25) is 0 Å². The molecule has 1 aliphatic rings. The highest BCUT2D eigenvalue weighted by atomic mass is 35.5. The van der Waals surface area contributed by atoms with Crippen LogP contribution >= 0.6 is 11.6 Å². The monoisotopic (exact) mass is 386 g/mol. The standard InChI is InChI=1S/C18H18ClF3N2O2/c1-12-7-10-24(11-8-12)17-16(19)15(6-9-23-17)25-13-2-4-14(5-3-13)26-18(20,21)22/h2-6,9,12H,7-8,10-11H2,1H3. The molecule has 1 fully saturated rings. The molecule has 0 saturated carbocycles. The van der Waals surface area contributed by atoms with Gasteiger partial charge in [-0.3, -0.25) is 0 Å². The first-order valence-corrected chi connectivity index (χ1v) is 8.63. The van der Waals surface area contributed by atoms with E-state index in [4.69, 9.17) is 16.3 Å². The molecule has 0 amide bonds. The van der Waals surface area contributed by atoms with E-state index in [1.165, 1.54) is 24.3 Å². The van der Waals surface area contributed by atoms with Gasteiger partial charge >= 0.3 is 6.36 Å². The van der Waals surface area contributed by atoms with Gasteiger partial charge in [-0.2, -0.15) is 0 Å². The number of alkyl halides is 3. The summed E-state index contributed by atoms with van der Waals surface area (Å²) in [6, 6.07) is 6.77. The van der Waals surface area contributed by atoms with Gasteiger partial charge in [0.05, 0.1) is 0 Å². The normalized spacial score (nSPS) is 15.8. The predicted octanol–water partition coefficient (Wildman–Crippen LogP) is 5.66. The number of hydrogen-bond donors (Lipinski definition) is 0. The predicted molar refractivity (Wildman–Crippen MR) is 93.1 cm³/mol. The van der Waals surface area contributed by atoms with Gasteiger partial charge < -0.3 is 14.4 Å². The SMILES string of the molecule is CC1CCN(c2nccc(Oc3ccc(OC(F)(F)F)cc3)c2Cl)CC1. The highest BCUT2D eigenvalue weighted by Gasteiger charge is 2.31. The van der Waals surface area contributed by atoms with E-state index < -0.39 is 6.36 Å². The van der Waals surface area contributed by atoms with Crippen LogP contribution in [0.3, 0.4) is 0 Å². The molecule has 2 heterocycles. The number of halogens is 4. The molecule has 8 heteroatoms. The van der Waals surface area contributed by atoms with Gasteiger partial charge in [0.1, 0.15) is 16.5 Å². The average Bonchev–Trinajstić information content (AvgIpc) is 2.58. The van der Waals surface area contributed by atoms with Crippen LogP contribution in [0.25, 0.3) is 0 Å². The lowest BCUT2D eigenvalue weighted by molar-refractivity contribution is -0.274. The molecule has 1 aliphatic heterocycles. The van der Waals surface area contributed by atoms with Gasteiger partial charge in [-0.1, -0.05) is 18.5 Å². The van der Waals surface area contributed by atoms with Crippen LogP contribution in [0.4, 0.5) is 19.0 Å². The topological polar surface area (TPSA) is 34.6 Å². The van der Waals surface area contributed by atoms with E-state index in [1.54, 1.807) is 12.3 Å². The summed E-state index contributed by atoms with van der Waals surface area (Å²) in [5.74, 6) is 1.79. The number of benzene rings is 1. The second kappa shape index (κ2) is 7.61. The number of nitrogens with zero attached hydrogens (tertiary/aromatic N) is 2. The molecule has 3 rings (SSSR count). The molecule has 0 unspecified atom stereocenters. The van der Waals surface area contributed by atoms with Gasteiger partial charge in [-0.05, 0) is 43.0 Å². The molecule has 26 heavy (non-hydrogen) atoms. The zero-order valence-electron chi connectivity index (χ0n) is 14.1. The van der Waals surface area contributed by atoms with E-state index in [9.17, 15) is 13.2 Å². The number of piperidine rings is 1. The van der Waals surface area contributed by atoms with Crippen molar-refractivity contribution in [3.63, 3.8) is 0 Å². The fourth-order valence-electron chi connectivity index (χ4n) is 2.77. The average molecular weight is 387 g/mol. The van der Waals surface area contributed by atoms with Crippen LogP contribution in [0.1, 0.15) is 19.8 Å². The summed E-state index contributed by atoms with van der Waals surface area (Å²) in [6.07, 6.45) is -0.971. The summed E-state index contributed by atoms with van der Waals surface area (Å²) in [7, 11) is 0. The first-order chi connectivity index (χ1) is 12.3. The third-order valence-electron chi connectivity index (χ3n) is 4.20. The Hall–Kier alpha value is -2.15. The smallest absolute Gasteiger partial charge is 0.456 e. The Morgan fingerprint density at radius 2 is 1.69 bits per heavy atom. The Morgan fingerprint density at radius 3 is 2.31 bits per heavy atom. The highest BCUT2D eigenvalue weighted by Crippen LogP contribution is 2.37. The van der Waals surface area contributed by atoms with Gasteiger partial charge in [-0.15, -0.1) is 13.2 Å². The Balaban J connectivity index is 1.73. The van der Waals surface area contributed by atoms with Gasteiger partial charge in [0.25, 0.3) is 0 Å². The summed E-state index contributed by atoms with van der Waals surface area (Å²) < 4.78 is 46.2. The molecule has 0 radical (unpaired) electrons. The van der Waals surface area contributed by atoms with E-state index in [0.717, 1.165) is 25.9 Å². The summed E-state index contributed by atoms with van der Waals surface area (Å²) >= 11 is 6.44. The van der Waals surface area contributed by atoms with Crippen molar-refractivity contribution in [3.05, 3.63) is 41.6 Å². The maximum atomic E-state index is 12.2. The van der Waals surface area contributed by atoms with E-state index >= 15 is 0 Å². The lowest BCUT2D eigenvalue weighted by Gasteiger charge is -2.31. The Labute approximate surface area is 154 Å². The van der Waals surface area contributed by atoms with Gasteiger partial charge in [-0.25, -0.2) is 4.98 Å². The lowest BCUT2D eigenvalue weighted by atomic mass is 9.99. The fourth-order valence-corrected chi connectivity index (χ4v) is 3.04. The molecule has 0 spiro atoms. The van der Waals surface area contributed by atoms with E-state index in [2.05, 4.69) is 21.5 Å². The van der Waals surface area contributed by atoms with E-state index in [-0.39, 0.29) is 5.75 Å². The van der Waals surface area contributed by atoms with Crippen LogP contribution in [0.5, 0.6) is 17.2 Å².